The number of halogens is 2. The molecule has 2 amide bonds. The third kappa shape index (κ3) is 4.79. The van der Waals surface area contributed by atoms with Gasteiger partial charge in [-0.3, -0.25) is 9.59 Å². The van der Waals surface area contributed by atoms with E-state index in [4.69, 9.17) is 23.2 Å². The molecule has 1 saturated carbocycles. The maximum Gasteiger partial charge on any atom is 0.230 e. The summed E-state index contributed by atoms with van der Waals surface area (Å²) in [4.78, 5) is 37.1. The monoisotopic (exact) mass is 433 g/mol. The number of nitrogens with one attached hydrogen (secondary N) is 1. The van der Waals surface area contributed by atoms with E-state index >= 15 is 0 Å². The molecule has 0 bridgehead atoms. The largest absolute Gasteiger partial charge is 0.339 e. The van der Waals surface area contributed by atoms with Gasteiger partial charge in [-0.2, -0.15) is 0 Å². The van der Waals surface area contributed by atoms with Crippen LogP contribution in [0.3, 0.4) is 0 Å². The Labute approximate surface area is 179 Å². The van der Waals surface area contributed by atoms with E-state index in [-0.39, 0.29) is 17.7 Å². The maximum atomic E-state index is 12.6. The first-order chi connectivity index (χ1) is 13.9. The number of nitrogens with zero attached hydrogens (tertiary/aromatic N) is 4. The average molecular weight is 434 g/mol. The summed E-state index contributed by atoms with van der Waals surface area (Å²) in [6.45, 7) is 2.71. The summed E-state index contributed by atoms with van der Waals surface area (Å²) in [5.74, 6) is 0.234. The molecule has 1 N–H and O–H groups in total. The highest BCUT2D eigenvalue weighted by Crippen LogP contribution is 2.53. The number of carbonyl (C=O) groups excluding carboxylic acids is 2. The van der Waals surface area contributed by atoms with Crippen molar-refractivity contribution in [2.24, 2.45) is 5.92 Å². The average Bonchev–Trinajstić information content (AvgIpc) is 3.38. The lowest BCUT2D eigenvalue weighted by atomic mass is 10.1. The molecular formula is C20H21Cl2N5O2. The van der Waals surface area contributed by atoms with Crippen LogP contribution in [-0.4, -0.2) is 57.2 Å². The van der Waals surface area contributed by atoms with Crippen LogP contribution in [0.5, 0.6) is 0 Å². The quantitative estimate of drug-likeness (QED) is 0.732. The van der Waals surface area contributed by atoms with Crippen molar-refractivity contribution < 1.29 is 9.59 Å². The number of aromatic nitrogens is 2. The highest BCUT2D eigenvalue weighted by Gasteiger charge is 2.56. The lowest BCUT2D eigenvalue weighted by Gasteiger charge is -2.34. The van der Waals surface area contributed by atoms with Gasteiger partial charge in [-0.1, -0.05) is 12.1 Å². The van der Waals surface area contributed by atoms with Crippen molar-refractivity contribution in [2.75, 3.05) is 36.4 Å². The van der Waals surface area contributed by atoms with Gasteiger partial charge in [-0.15, -0.1) is 23.2 Å². The van der Waals surface area contributed by atoms with Crippen LogP contribution in [0.25, 0.3) is 0 Å². The van der Waals surface area contributed by atoms with Crippen molar-refractivity contribution in [3.63, 3.8) is 0 Å². The van der Waals surface area contributed by atoms with Crippen LogP contribution in [0.4, 0.5) is 11.6 Å². The van der Waals surface area contributed by atoms with E-state index in [0.717, 1.165) is 5.56 Å². The van der Waals surface area contributed by atoms with Gasteiger partial charge in [0.15, 0.2) is 0 Å². The normalized spacial score (nSPS) is 20.3. The Morgan fingerprint density at radius 3 is 2.28 bits per heavy atom. The summed E-state index contributed by atoms with van der Waals surface area (Å²) < 4.78 is -0.937. The first kappa shape index (κ1) is 19.9. The number of piperazine rings is 1. The van der Waals surface area contributed by atoms with Crippen molar-refractivity contribution in [1.29, 1.82) is 0 Å². The fourth-order valence-electron chi connectivity index (χ4n) is 3.33. The Hall–Kier alpha value is -2.38. The molecule has 1 saturated heterocycles. The van der Waals surface area contributed by atoms with Crippen LogP contribution in [0.2, 0.25) is 0 Å². The summed E-state index contributed by atoms with van der Waals surface area (Å²) in [7, 11) is 0. The van der Waals surface area contributed by atoms with Gasteiger partial charge in [0.25, 0.3) is 0 Å². The molecule has 29 heavy (non-hydrogen) atoms. The number of amides is 2. The third-order valence-corrected chi connectivity index (χ3v) is 6.02. The van der Waals surface area contributed by atoms with E-state index in [9.17, 15) is 9.59 Å². The van der Waals surface area contributed by atoms with E-state index in [0.29, 0.717) is 50.7 Å². The van der Waals surface area contributed by atoms with Gasteiger partial charge in [0.1, 0.15) is 4.33 Å². The van der Waals surface area contributed by atoms with Gasteiger partial charge in [0.2, 0.25) is 17.8 Å². The smallest absolute Gasteiger partial charge is 0.230 e. The maximum absolute atomic E-state index is 12.6. The van der Waals surface area contributed by atoms with Crippen LogP contribution in [0.1, 0.15) is 12.0 Å². The first-order valence-corrected chi connectivity index (χ1v) is 10.3. The molecule has 2 aliphatic rings. The Morgan fingerprint density at radius 2 is 1.69 bits per heavy atom. The minimum absolute atomic E-state index is 0.0856. The molecule has 152 valence electrons. The minimum atomic E-state index is -0.937. The van der Waals surface area contributed by atoms with Crippen molar-refractivity contribution in [2.45, 2.75) is 17.2 Å². The molecule has 2 heterocycles. The molecule has 1 atom stereocenters. The van der Waals surface area contributed by atoms with Crippen LogP contribution < -0.4 is 10.2 Å². The standard InChI is InChI=1S/C20H21Cl2N5O2/c21-20(22)13-16(20)18(29)25-15-4-2-14(3-5-15)12-17(28)26-8-10-27(11-9-26)19-23-6-1-7-24-19/h1-7,16H,8-13H2,(H,25,29). The number of benzene rings is 1. The number of rotatable bonds is 5. The van der Waals surface area contributed by atoms with Gasteiger partial charge >= 0.3 is 0 Å². The molecule has 0 spiro atoms. The predicted octanol–water partition coefficient (Wildman–Crippen LogP) is 2.50. The highest BCUT2D eigenvalue weighted by atomic mass is 35.5. The van der Waals surface area contributed by atoms with Gasteiger partial charge in [0, 0.05) is 44.3 Å². The van der Waals surface area contributed by atoms with E-state index in [2.05, 4.69) is 20.2 Å². The Morgan fingerprint density at radius 1 is 1.07 bits per heavy atom. The second kappa shape index (κ2) is 8.16. The van der Waals surface area contributed by atoms with Crippen molar-refractivity contribution in [3.05, 3.63) is 48.3 Å². The number of alkyl halides is 2. The van der Waals surface area contributed by atoms with Crippen LogP contribution in [-0.2, 0) is 16.0 Å². The van der Waals surface area contributed by atoms with Crippen molar-refractivity contribution in [3.8, 4) is 0 Å². The molecule has 1 unspecified atom stereocenters. The zero-order valence-electron chi connectivity index (χ0n) is 15.7. The second-order valence-corrected chi connectivity index (χ2v) is 8.84. The highest BCUT2D eigenvalue weighted by molar-refractivity contribution is 6.52. The molecule has 7 nitrogen and oxygen atoms in total. The van der Waals surface area contributed by atoms with E-state index in [1.54, 1.807) is 30.6 Å². The number of anilines is 2. The van der Waals surface area contributed by atoms with Gasteiger partial charge < -0.3 is 15.1 Å². The number of hydrogen-bond donors (Lipinski definition) is 1. The number of hydrogen-bond acceptors (Lipinski definition) is 5. The van der Waals surface area contributed by atoms with Gasteiger partial charge in [0.05, 0.1) is 12.3 Å². The summed E-state index contributed by atoms with van der Waals surface area (Å²) in [6, 6.07) is 9.07. The summed E-state index contributed by atoms with van der Waals surface area (Å²) >= 11 is 11.8. The molecule has 9 heteroatoms. The fraction of sp³-hybridized carbons (Fsp3) is 0.400. The first-order valence-electron chi connectivity index (χ1n) is 9.50. The van der Waals surface area contributed by atoms with Crippen LogP contribution in [0, 0.1) is 5.92 Å². The van der Waals surface area contributed by atoms with Crippen LogP contribution in [0.15, 0.2) is 42.7 Å². The zero-order valence-corrected chi connectivity index (χ0v) is 17.2. The molecular weight excluding hydrogens is 413 g/mol. The van der Waals surface area contributed by atoms with Crippen LogP contribution >= 0.6 is 23.2 Å². The fourth-order valence-corrected chi connectivity index (χ4v) is 3.84. The molecule has 2 fully saturated rings. The Balaban J connectivity index is 1.26. The Bertz CT molecular complexity index is 884. The topological polar surface area (TPSA) is 78.4 Å². The van der Waals surface area contributed by atoms with E-state index in [1.807, 2.05) is 17.0 Å². The molecule has 4 rings (SSSR count). The van der Waals surface area contributed by atoms with Gasteiger partial charge in [-0.25, -0.2) is 9.97 Å². The summed E-state index contributed by atoms with van der Waals surface area (Å²) in [5.41, 5.74) is 1.57. The lowest BCUT2D eigenvalue weighted by molar-refractivity contribution is -0.130. The second-order valence-electron chi connectivity index (χ2n) is 7.30. The molecule has 2 aromatic rings. The predicted molar refractivity (Wildman–Crippen MR) is 112 cm³/mol. The molecule has 1 aromatic carbocycles. The summed E-state index contributed by atoms with van der Waals surface area (Å²) in [5, 5.41) is 2.80. The molecule has 1 aromatic heterocycles. The van der Waals surface area contributed by atoms with Gasteiger partial charge in [-0.05, 0) is 30.2 Å². The SMILES string of the molecule is O=C(Nc1ccc(CC(=O)N2CCN(c3ncccn3)CC2)cc1)C1CC1(Cl)Cl. The summed E-state index contributed by atoms with van der Waals surface area (Å²) in [6.07, 6.45) is 4.24. The minimum Gasteiger partial charge on any atom is -0.339 e. The van der Waals surface area contributed by atoms with Crippen molar-refractivity contribution in [1.82, 2.24) is 14.9 Å². The third-order valence-electron chi connectivity index (χ3n) is 5.19. The van der Waals surface area contributed by atoms with Crippen molar-refractivity contribution >= 4 is 46.7 Å². The molecule has 1 aliphatic heterocycles. The molecule has 1 aliphatic carbocycles. The lowest BCUT2D eigenvalue weighted by Crippen LogP contribution is -2.49. The Kier molecular flexibility index (Phi) is 5.61. The molecule has 0 radical (unpaired) electrons. The zero-order chi connectivity index (χ0) is 20.4. The van der Waals surface area contributed by atoms with E-state index in [1.165, 1.54) is 0 Å². The number of carbonyl (C=O) groups is 2. The van der Waals surface area contributed by atoms with E-state index < -0.39 is 4.33 Å².